The van der Waals surface area contributed by atoms with E-state index in [4.69, 9.17) is 4.74 Å². The molecule has 0 aliphatic carbocycles. The topological polar surface area (TPSA) is 84.5 Å². The normalized spacial score (nSPS) is 20.0. The Morgan fingerprint density at radius 1 is 1.52 bits per heavy atom. The molecule has 1 atom stereocenters. The molecule has 1 heterocycles. The predicted molar refractivity (Wildman–Crippen MR) is 81.0 cm³/mol. The summed E-state index contributed by atoms with van der Waals surface area (Å²) in [6, 6.07) is -0.674. The Morgan fingerprint density at radius 2 is 2.24 bits per heavy atom. The van der Waals surface area contributed by atoms with Gasteiger partial charge in [-0.2, -0.15) is 0 Å². The predicted octanol–water partition coefficient (Wildman–Crippen LogP) is 1.44. The van der Waals surface area contributed by atoms with Crippen molar-refractivity contribution in [2.75, 3.05) is 7.11 Å². The lowest BCUT2D eigenvalue weighted by atomic mass is 10.1. The largest absolute Gasteiger partial charge is 0.491 e. The third kappa shape index (κ3) is 5.26. The Bertz CT molecular complexity index is 485. The van der Waals surface area contributed by atoms with Crippen molar-refractivity contribution < 1.29 is 19.1 Å². The van der Waals surface area contributed by atoms with Gasteiger partial charge >= 0.3 is 0 Å². The maximum atomic E-state index is 12.2. The van der Waals surface area contributed by atoms with Gasteiger partial charge in [0, 0.05) is 6.42 Å². The van der Waals surface area contributed by atoms with Crippen LogP contribution in [0.15, 0.2) is 22.1 Å². The van der Waals surface area contributed by atoms with Crippen LogP contribution in [0.4, 0.5) is 0 Å². The molecule has 2 N–H and O–H groups in total. The van der Waals surface area contributed by atoms with Crippen LogP contribution in [-0.2, 0) is 19.1 Å². The maximum Gasteiger partial charge on any atom is 0.258 e. The van der Waals surface area contributed by atoms with Crippen LogP contribution in [-0.4, -0.2) is 30.9 Å². The van der Waals surface area contributed by atoms with Crippen molar-refractivity contribution >= 4 is 29.5 Å². The molecule has 21 heavy (non-hydrogen) atoms. The van der Waals surface area contributed by atoms with Crippen LogP contribution in [0.2, 0.25) is 0 Å². The number of rotatable bonds is 6. The van der Waals surface area contributed by atoms with Gasteiger partial charge in [0.25, 0.3) is 5.91 Å². The molecule has 116 valence electrons. The SMILES string of the molecule is C/C=C(\S/C(=C/CC)OC)C(=O)NC1CCC(=O)NC1=O. The van der Waals surface area contributed by atoms with Crippen LogP contribution in [0.5, 0.6) is 0 Å². The number of methoxy groups -OCH3 is 1. The third-order valence-electron chi connectivity index (χ3n) is 2.81. The Labute approximate surface area is 128 Å². The second-order valence-corrected chi connectivity index (χ2v) is 5.41. The van der Waals surface area contributed by atoms with Crippen molar-refractivity contribution in [1.82, 2.24) is 10.6 Å². The molecule has 0 bridgehead atoms. The zero-order valence-electron chi connectivity index (χ0n) is 12.4. The van der Waals surface area contributed by atoms with Crippen molar-refractivity contribution in [3.05, 3.63) is 22.1 Å². The van der Waals surface area contributed by atoms with Gasteiger partial charge in [-0.25, -0.2) is 0 Å². The van der Waals surface area contributed by atoms with E-state index < -0.39 is 11.9 Å². The maximum absolute atomic E-state index is 12.2. The number of hydrogen-bond acceptors (Lipinski definition) is 5. The highest BCUT2D eigenvalue weighted by Gasteiger charge is 2.28. The van der Waals surface area contributed by atoms with Gasteiger partial charge in [0.1, 0.15) is 6.04 Å². The smallest absolute Gasteiger partial charge is 0.258 e. The van der Waals surface area contributed by atoms with Gasteiger partial charge in [0.15, 0.2) is 5.09 Å². The fourth-order valence-electron chi connectivity index (χ4n) is 1.74. The summed E-state index contributed by atoms with van der Waals surface area (Å²) in [5.41, 5.74) is 0. The summed E-state index contributed by atoms with van der Waals surface area (Å²) in [5, 5.41) is 5.47. The molecule has 1 unspecified atom stereocenters. The third-order valence-corrected chi connectivity index (χ3v) is 3.99. The molecule has 0 aromatic carbocycles. The molecule has 0 radical (unpaired) electrons. The number of allylic oxidation sites excluding steroid dienone is 2. The molecule has 1 rings (SSSR count). The lowest BCUT2D eigenvalue weighted by Gasteiger charge is -2.22. The van der Waals surface area contributed by atoms with Crippen LogP contribution in [0.3, 0.4) is 0 Å². The number of carbonyl (C=O) groups excluding carboxylic acids is 3. The van der Waals surface area contributed by atoms with E-state index in [1.165, 1.54) is 11.8 Å². The summed E-state index contributed by atoms with van der Waals surface area (Å²) in [7, 11) is 1.54. The monoisotopic (exact) mass is 312 g/mol. The zero-order valence-corrected chi connectivity index (χ0v) is 13.2. The fraction of sp³-hybridized carbons (Fsp3) is 0.500. The van der Waals surface area contributed by atoms with E-state index in [0.717, 1.165) is 6.42 Å². The minimum Gasteiger partial charge on any atom is -0.491 e. The summed E-state index contributed by atoms with van der Waals surface area (Å²) in [6.45, 7) is 3.71. The van der Waals surface area contributed by atoms with Gasteiger partial charge in [-0.3, -0.25) is 19.7 Å². The van der Waals surface area contributed by atoms with Crippen molar-refractivity contribution in [3.8, 4) is 0 Å². The number of carbonyl (C=O) groups is 3. The van der Waals surface area contributed by atoms with Crippen LogP contribution in [0.25, 0.3) is 0 Å². The van der Waals surface area contributed by atoms with Gasteiger partial charge in [0.05, 0.1) is 12.0 Å². The number of piperidine rings is 1. The van der Waals surface area contributed by atoms with Crippen molar-refractivity contribution in [2.45, 2.75) is 39.2 Å². The lowest BCUT2D eigenvalue weighted by Crippen LogP contribution is -2.52. The van der Waals surface area contributed by atoms with E-state index in [2.05, 4.69) is 10.6 Å². The highest BCUT2D eigenvalue weighted by Crippen LogP contribution is 2.26. The summed E-state index contributed by atoms with van der Waals surface area (Å²) in [4.78, 5) is 35.3. The summed E-state index contributed by atoms with van der Waals surface area (Å²) in [6.07, 6.45) is 4.87. The Balaban J connectivity index is 2.66. The second-order valence-electron chi connectivity index (χ2n) is 4.37. The number of hydrogen-bond donors (Lipinski definition) is 2. The van der Waals surface area contributed by atoms with E-state index in [0.29, 0.717) is 16.4 Å². The minimum absolute atomic E-state index is 0.230. The van der Waals surface area contributed by atoms with Crippen LogP contribution in [0, 0.1) is 0 Å². The first-order valence-corrected chi connectivity index (χ1v) is 7.56. The van der Waals surface area contributed by atoms with Crippen LogP contribution < -0.4 is 10.6 Å². The van der Waals surface area contributed by atoms with Crippen molar-refractivity contribution in [1.29, 1.82) is 0 Å². The van der Waals surface area contributed by atoms with E-state index in [-0.39, 0.29) is 18.2 Å². The molecular weight excluding hydrogens is 292 g/mol. The Kier molecular flexibility index (Phi) is 7.01. The average molecular weight is 312 g/mol. The number of thioether (sulfide) groups is 1. The van der Waals surface area contributed by atoms with Gasteiger partial charge < -0.3 is 10.1 Å². The first-order valence-electron chi connectivity index (χ1n) is 6.74. The standard InChI is InChI=1S/C14H20N2O4S/c1-4-6-12(20-3)21-10(5-2)14(19)15-9-7-8-11(17)16-13(9)18/h5-6,9H,4,7-8H2,1-3H3,(H,15,19)(H,16,17,18)/b10-5-,12-6+. The summed E-state index contributed by atoms with van der Waals surface area (Å²) in [5.74, 6) is -1.12. The van der Waals surface area contributed by atoms with E-state index in [1.807, 2.05) is 13.0 Å². The first kappa shape index (κ1) is 17.3. The van der Waals surface area contributed by atoms with Gasteiger partial charge in [-0.05, 0) is 37.6 Å². The molecule has 1 aliphatic rings. The number of ether oxygens (including phenoxy) is 1. The van der Waals surface area contributed by atoms with Crippen LogP contribution >= 0.6 is 11.8 Å². The molecule has 0 aromatic rings. The number of nitrogens with one attached hydrogen (secondary N) is 2. The van der Waals surface area contributed by atoms with Gasteiger partial charge in [-0.15, -0.1) is 0 Å². The molecule has 7 heteroatoms. The Hall–Kier alpha value is -1.76. The molecule has 1 fully saturated rings. The van der Waals surface area contributed by atoms with Crippen LogP contribution in [0.1, 0.15) is 33.1 Å². The van der Waals surface area contributed by atoms with Crippen molar-refractivity contribution in [2.24, 2.45) is 0 Å². The molecule has 0 spiro atoms. The highest BCUT2D eigenvalue weighted by molar-refractivity contribution is 8.07. The second kappa shape index (κ2) is 8.51. The molecular formula is C14H20N2O4S. The Morgan fingerprint density at radius 3 is 2.76 bits per heavy atom. The highest BCUT2D eigenvalue weighted by atomic mass is 32.2. The quantitative estimate of drug-likeness (QED) is 0.440. The molecule has 1 aliphatic heterocycles. The number of amides is 3. The first-order chi connectivity index (χ1) is 10.0. The zero-order chi connectivity index (χ0) is 15.8. The molecule has 0 saturated carbocycles. The molecule has 3 amide bonds. The summed E-state index contributed by atoms with van der Waals surface area (Å²) < 4.78 is 5.18. The molecule has 6 nitrogen and oxygen atoms in total. The van der Waals surface area contributed by atoms with E-state index >= 15 is 0 Å². The number of imide groups is 1. The van der Waals surface area contributed by atoms with Gasteiger partial charge in [0.2, 0.25) is 11.8 Å². The fourth-order valence-corrected chi connectivity index (χ4v) is 2.56. The molecule has 0 aromatic heterocycles. The minimum atomic E-state index is -0.674. The summed E-state index contributed by atoms with van der Waals surface area (Å²) >= 11 is 1.20. The molecule has 1 saturated heterocycles. The van der Waals surface area contributed by atoms with E-state index in [9.17, 15) is 14.4 Å². The van der Waals surface area contributed by atoms with E-state index in [1.54, 1.807) is 20.1 Å². The van der Waals surface area contributed by atoms with Gasteiger partial charge in [-0.1, -0.05) is 13.0 Å². The van der Waals surface area contributed by atoms with Crippen molar-refractivity contribution in [3.63, 3.8) is 0 Å². The lowest BCUT2D eigenvalue weighted by molar-refractivity contribution is -0.136. The average Bonchev–Trinajstić information content (AvgIpc) is 2.46.